The summed E-state index contributed by atoms with van der Waals surface area (Å²) in [5, 5.41) is 11.5. The third kappa shape index (κ3) is 4.92. The molecule has 2 rings (SSSR count). The second-order valence-corrected chi connectivity index (χ2v) is 5.36. The van der Waals surface area contributed by atoms with Gasteiger partial charge in [-0.25, -0.2) is 9.78 Å². The third-order valence-electron chi connectivity index (χ3n) is 2.62. The molecule has 0 aliphatic heterocycles. The van der Waals surface area contributed by atoms with Crippen molar-refractivity contribution >= 4 is 29.5 Å². The number of carboxylic acids is 1. The molecule has 0 radical (unpaired) electrons. The van der Waals surface area contributed by atoms with Crippen molar-refractivity contribution < 1.29 is 14.7 Å². The minimum absolute atomic E-state index is 0.0963. The topological polar surface area (TPSA) is 79.3 Å². The maximum Gasteiger partial charge on any atom is 0.335 e. The van der Waals surface area contributed by atoms with Crippen molar-refractivity contribution in [2.75, 3.05) is 11.1 Å². The van der Waals surface area contributed by atoms with Gasteiger partial charge in [-0.05, 0) is 24.3 Å². The molecule has 1 amide bonds. The van der Waals surface area contributed by atoms with E-state index in [4.69, 9.17) is 5.11 Å². The summed E-state index contributed by atoms with van der Waals surface area (Å²) < 4.78 is 0. The van der Waals surface area contributed by atoms with Crippen LogP contribution in [0.4, 0.5) is 5.82 Å². The lowest BCUT2D eigenvalue weighted by atomic mass is 10.2. The average molecular weight is 302 g/mol. The Bertz CT molecular complexity index is 632. The Morgan fingerprint density at radius 1 is 1.19 bits per heavy atom. The van der Waals surface area contributed by atoms with E-state index >= 15 is 0 Å². The first kappa shape index (κ1) is 15.1. The van der Waals surface area contributed by atoms with E-state index in [1.54, 1.807) is 11.8 Å². The number of hydrogen-bond donors (Lipinski definition) is 2. The van der Waals surface area contributed by atoms with Gasteiger partial charge >= 0.3 is 5.97 Å². The number of anilines is 1. The Kier molecular flexibility index (Phi) is 5.34. The number of amides is 1. The zero-order valence-electron chi connectivity index (χ0n) is 11.2. The standard InChI is InChI=1S/C15H14N2O3S/c18-14(7-9-21-12-4-2-1-3-5-12)17-13-10-11(15(19)20)6-8-16-13/h1-6,8,10H,7,9H2,(H,19,20)(H,16,17,18). The average Bonchev–Trinajstić information content (AvgIpc) is 2.48. The number of benzene rings is 1. The summed E-state index contributed by atoms with van der Waals surface area (Å²) in [6.07, 6.45) is 1.69. The number of hydrogen-bond acceptors (Lipinski definition) is 4. The van der Waals surface area contributed by atoms with Gasteiger partial charge in [0, 0.05) is 23.3 Å². The van der Waals surface area contributed by atoms with Crippen LogP contribution in [0.25, 0.3) is 0 Å². The lowest BCUT2D eigenvalue weighted by molar-refractivity contribution is -0.115. The number of pyridine rings is 1. The highest BCUT2D eigenvalue weighted by atomic mass is 32.2. The summed E-state index contributed by atoms with van der Waals surface area (Å²) in [5.74, 6) is -0.334. The van der Waals surface area contributed by atoms with E-state index in [-0.39, 0.29) is 17.3 Å². The minimum atomic E-state index is -1.05. The van der Waals surface area contributed by atoms with Gasteiger partial charge in [0.15, 0.2) is 0 Å². The van der Waals surface area contributed by atoms with Crippen molar-refractivity contribution in [1.29, 1.82) is 0 Å². The summed E-state index contributed by atoms with van der Waals surface area (Å²) in [5.41, 5.74) is 0.0963. The fraction of sp³-hybridized carbons (Fsp3) is 0.133. The van der Waals surface area contributed by atoms with E-state index in [0.717, 1.165) is 4.90 Å². The fourth-order valence-electron chi connectivity index (χ4n) is 1.62. The van der Waals surface area contributed by atoms with Gasteiger partial charge in [0.2, 0.25) is 5.91 Å². The van der Waals surface area contributed by atoms with Gasteiger partial charge < -0.3 is 10.4 Å². The van der Waals surface area contributed by atoms with Crippen molar-refractivity contribution in [3.63, 3.8) is 0 Å². The molecule has 1 aromatic carbocycles. The Morgan fingerprint density at radius 3 is 2.67 bits per heavy atom. The van der Waals surface area contributed by atoms with Crippen molar-refractivity contribution in [2.45, 2.75) is 11.3 Å². The first-order valence-electron chi connectivity index (χ1n) is 6.32. The van der Waals surface area contributed by atoms with Gasteiger partial charge in [0.1, 0.15) is 5.82 Å². The number of rotatable bonds is 6. The van der Waals surface area contributed by atoms with Crippen LogP contribution in [0.3, 0.4) is 0 Å². The molecule has 108 valence electrons. The molecule has 5 nitrogen and oxygen atoms in total. The number of thioether (sulfide) groups is 1. The maximum absolute atomic E-state index is 11.8. The van der Waals surface area contributed by atoms with Crippen LogP contribution in [0.2, 0.25) is 0 Å². The van der Waals surface area contributed by atoms with Crippen LogP contribution in [0.5, 0.6) is 0 Å². The van der Waals surface area contributed by atoms with Crippen LogP contribution in [0.1, 0.15) is 16.8 Å². The van der Waals surface area contributed by atoms with Crippen molar-refractivity contribution in [2.24, 2.45) is 0 Å². The number of carbonyl (C=O) groups is 2. The molecule has 2 N–H and O–H groups in total. The predicted octanol–water partition coefficient (Wildman–Crippen LogP) is 2.90. The Hall–Kier alpha value is -2.34. The molecule has 0 aliphatic rings. The lowest BCUT2D eigenvalue weighted by Gasteiger charge is -2.05. The highest BCUT2D eigenvalue weighted by molar-refractivity contribution is 7.99. The number of aromatic nitrogens is 1. The normalized spacial score (nSPS) is 10.1. The minimum Gasteiger partial charge on any atom is -0.478 e. The molecule has 2 aromatic rings. The summed E-state index contributed by atoms with van der Waals surface area (Å²) >= 11 is 1.59. The van der Waals surface area contributed by atoms with Crippen molar-refractivity contribution in [1.82, 2.24) is 4.98 Å². The molecule has 0 aliphatic carbocycles. The highest BCUT2D eigenvalue weighted by Gasteiger charge is 2.07. The van der Waals surface area contributed by atoms with Gasteiger partial charge in [0.25, 0.3) is 0 Å². The molecule has 0 saturated carbocycles. The van der Waals surface area contributed by atoms with Crippen LogP contribution in [-0.2, 0) is 4.79 Å². The van der Waals surface area contributed by atoms with Gasteiger partial charge in [-0.1, -0.05) is 18.2 Å². The quantitative estimate of drug-likeness (QED) is 0.802. The van der Waals surface area contributed by atoms with Crippen LogP contribution in [0, 0.1) is 0 Å². The fourth-order valence-corrected chi connectivity index (χ4v) is 2.49. The molecule has 0 atom stereocenters. The molecule has 0 unspecified atom stereocenters. The van der Waals surface area contributed by atoms with E-state index in [2.05, 4.69) is 10.3 Å². The number of carbonyl (C=O) groups excluding carboxylic acids is 1. The Balaban J connectivity index is 1.82. The molecule has 0 bridgehead atoms. The summed E-state index contributed by atoms with van der Waals surface area (Å²) in [6, 6.07) is 12.5. The summed E-state index contributed by atoms with van der Waals surface area (Å²) in [7, 11) is 0. The lowest BCUT2D eigenvalue weighted by Crippen LogP contribution is -2.13. The largest absolute Gasteiger partial charge is 0.478 e. The van der Waals surface area contributed by atoms with E-state index in [9.17, 15) is 9.59 Å². The number of nitrogens with one attached hydrogen (secondary N) is 1. The van der Waals surface area contributed by atoms with E-state index in [1.807, 2.05) is 30.3 Å². The van der Waals surface area contributed by atoms with Gasteiger partial charge in [-0.3, -0.25) is 4.79 Å². The van der Waals surface area contributed by atoms with Crippen LogP contribution in [0.15, 0.2) is 53.6 Å². The van der Waals surface area contributed by atoms with Gasteiger partial charge in [0.05, 0.1) is 5.56 Å². The zero-order valence-corrected chi connectivity index (χ0v) is 12.0. The number of nitrogens with zero attached hydrogens (tertiary/aromatic N) is 1. The Morgan fingerprint density at radius 2 is 1.95 bits per heavy atom. The molecule has 0 spiro atoms. The molecular weight excluding hydrogens is 288 g/mol. The molecular formula is C15H14N2O3S. The number of aromatic carboxylic acids is 1. The zero-order chi connectivity index (χ0) is 15.1. The first-order valence-corrected chi connectivity index (χ1v) is 7.31. The molecule has 6 heteroatoms. The van der Waals surface area contributed by atoms with E-state index in [1.165, 1.54) is 18.3 Å². The monoisotopic (exact) mass is 302 g/mol. The SMILES string of the molecule is O=C(CCSc1ccccc1)Nc1cc(C(=O)O)ccn1. The molecule has 0 fully saturated rings. The smallest absolute Gasteiger partial charge is 0.335 e. The van der Waals surface area contributed by atoms with Crippen molar-refractivity contribution in [3.05, 3.63) is 54.2 Å². The molecule has 1 heterocycles. The second kappa shape index (κ2) is 7.44. The second-order valence-electron chi connectivity index (χ2n) is 4.19. The molecule has 1 aromatic heterocycles. The van der Waals surface area contributed by atoms with Crippen LogP contribution in [-0.4, -0.2) is 27.7 Å². The van der Waals surface area contributed by atoms with Gasteiger partial charge in [-0.2, -0.15) is 0 Å². The van der Waals surface area contributed by atoms with E-state index < -0.39 is 5.97 Å². The number of carboxylic acid groups (broad SMARTS) is 1. The Labute approximate surface area is 126 Å². The molecule has 21 heavy (non-hydrogen) atoms. The summed E-state index contributed by atoms with van der Waals surface area (Å²) in [6.45, 7) is 0. The summed E-state index contributed by atoms with van der Waals surface area (Å²) in [4.78, 5) is 27.6. The predicted molar refractivity (Wildman–Crippen MR) is 81.6 cm³/mol. The highest BCUT2D eigenvalue weighted by Crippen LogP contribution is 2.18. The third-order valence-corrected chi connectivity index (χ3v) is 3.63. The molecule has 0 saturated heterocycles. The van der Waals surface area contributed by atoms with Crippen molar-refractivity contribution in [3.8, 4) is 0 Å². The van der Waals surface area contributed by atoms with Crippen LogP contribution < -0.4 is 5.32 Å². The first-order chi connectivity index (χ1) is 10.1. The van der Waals surface area contributed by atoms with Crippen LogP contribution >= 0.6 is 11.8 Å². The van der Waals surface area contributed by atoms with Gasteiger partial charge in [-0.15, -0.1) is 11.8 Å². The maximum atomic E-state index is 11.8. The van der Waals surface area contributed by atoms with E-state index in [0.29, 0.717) is 12.2 Å².